The lowest BCUT2D eigenvalue weighted by Crippen LogP contribution is -2.16. The van der Waals surface area contributed by atoms with Gasteiger partial charge in [0.05, 0.1) is 19.8 Å². The van der Waals surface area contributed by atoms with Gasteiger partial charge in [-0.1, -0.05) is 128 Å². The van der Waals surface area contributed by atoms with E-state index < -0.39 is 18.4 Å². The Labute approximate surface area is 354 Å². The molecule has 0 aliphatic heterocycles. The highest BCUT2D eigenvalue weighted by atomic mass is 16.6. The number of esters is 2. The first-order valence-corrected chi connectivity index (χ1v) is 20.8. The van der Waals surface area contributed by atoms with Crippen molar-refractivity contribution in [2.24, 2.45) is 0 Å². The first-order valence-electron chi connectivity index (χ1n) is 20.8. The third kappa shape index (κ3) is 29.4. The normalized spacial score (nSPS) is 9.08. The van der Waals surface area contributed by atoms with E-state index >= 15 is 0 Å². The molecule has 0 aliphatic carbocycles. The van der Waals surface area contributed by atoms with Crippen LogP contribution < -0.4 is 9.47 Å². The Kier molecular flexibility index (Phi) is 29.5. The smallest absolute Gasteiger partial charge is 0.317 e. The van der Waals surface area contributed by atoms with Crippen LogP contribution in [-0.2, 0) is 31.9 Å². The van der Waals surface area contributed by atoms with E-state index in [0.717, 1.165) is 29.9 Å². The molecule has 0 atom stereocenters. The van der Waals surface area contributed by atoms with E-state index in [1.807, 2.05) is 36.4 Å². The molecule has 0 unspecified atom stereocenters. The molecule has 0 heterocycles. The van der Waals surface area contributed by atoms with Gasteiger partial charge in [-0.05, 0) is 83.3 Å². The van der Waals surface area contributed by atoms with E-state index in [1.165, 1.54) is 96.3 Å². The van der Waals surface area contributed by atoms with Crippen LogP contribution in [0, 0.1) is 95.4 Å². The minimum Gasteiger partial charge on any atom is -0.494 e. The SMILES string of the molecule is C#CC#CC#CC#CC#CC#CC#CC#COc1ccc(CCOC(=O)CC(=O)OCCc2ccc(OCCCCCCCCCCCCCCCCCC)cc2)cc1. The van der Waals surface area contributed by atoms with Crippen LogP contribution in [0.4, 0.5) is 0 Å². The van der Waals surface area contributed by atoms with E-state index in [4.69, 9.17) is 25.4 Å². The number of ether oxygens (including phenoxy) is 4. The fourth-order valence-corrected chi connectivity index (χ4v) is 5.59. The third-order valence-electron chi connectivity index (χ3n) is 8.75. The van der Waals surface area contributed by atoms with E-state index in [-0.39, 0.29) is 13.2 Å². The number of carbonyl (C=O) groups excluding carboxylic acids is 2. The van der Waals surface area contributed by atoms with Crippen molar-refractivity contribution >= 4 is 11.9 Å². The Hall–Kier alpha value is -6.54. The predicted molar refractivity (Wildman–Crippen MR) is 236 cm³/mol. The molecule has 0 saturated carbocycles. The zero-order valence-corrected chi connectivity index (χ0v) is 34.7. The van der Waals surface area contributed by atoms with Crippen molar-refractivity contribution in [3.63, 3.8) is 0 Å². The highest BCUT2D eigenvalue weighted by Crippen LogP contribution is 2.16. The lowest BCUT2D eigenvalue weighted by atomic mass is 10.0. The van der Waals surface area contributed by atoms with Crippen LogP contribution >= 0.6 is 0 Å². The summed E-state index contributed by atoms with van der Waals surface area (Å²) in [5.41, 5.74) is 1.94. The minimum atomic E-state index is -0.629. The minimum absolute atomic E-state index is 0.129. The maximum absolute atomic E-state index is 12.1. The van der Waals surface area contributed by atoms with Crippen molar-refractivity contribution in [1.29, 1.82) is 0 Å². The highest BCUT2D eigenvalue weighted by Gasteiger charge is 2.12. The average molecular weight is 789 g/mol. The van der Waals surface area contributed by atoms with Gasteiger partial charge in [-0.15, -0.1) is 6.42 Å². The van der Waals surface area contributed by atoms with Gasteiger partial charge in [0.25, 0.3) is 0 Å². The fraction of sp³-hybridized carbons (Fsp3) is 0.434. The van der Waals surface area contributed by atoms with E-state index in [9.17, 15) is 9.59 Å². The quantitative estimate of drug-likeness (QED) is 0.0389. The molecule has 0 saturated heterocycles. The van der Waals surface area contributed by atoms with Crippen LogP contribution in [0.5, 0.6) is 11.5 Å². The number of carbonyl (C=O) groups is 2. The van der Waals surface area contributed by atoms with Crippen LogP contribution in [0.15, 0.2) is 48.5 Å². The zero-order chi connectivity index (χ0) is 42.1. The first kappa shape index (κ1) is 48.6. The fourth-order valence-electron chi connectivity index (χ4n) is 5.59. The Morgan fingerprint density at radius 2 is 0.831 bits per heavy atom. The monoisotopic (exact) mass is 788 g/mol. The topological polar surface area (TPSA) is 71.1 Å². The average Bonchev–Trinajstić information content (AvgIpc) is 3.24. The second kappa shape index (κ2) is 35.8. The van der Waals surface area contributed by atoms with Crippen molar-refractivity contribution in [3.05, 3.63) is 59.7 Å². The summed E-state index contributed by atoms with van der Waals surface area (Å²) >= 11 is 0. The Bertz CT molecular complexity index is 2020. The van der Waals surface area contributed by atoms with Gasteiger partial charge in [0, 0.05) is 54.3 Å². The summed E-state index contributed by atoms with van der Waals surface area (Å²) in [4.78, 5) is 24.3. The summed E-state index contributed by atoms with van der Waals surface area (Å²) in [6.07, 6.45) is 29.6. The van der Waals surface area contributed by atoms with Gasteiger partial charge in [-0.3, -0.25) is 9.59 Å². The highest BCUT2D eigenvalue weighted by molar-refractivity contribution is 5.91. The summed E-state index contributed by atoms with van der Waals surface area (Å²) in [7, 11) is 0. The molecule has 59 heavy (non-hydrogen) atoms. The Morgan fingerprint density at radius 3 is 1.25 bits per heavy atom. The van der Waals surface area contributed by atoms with Gasteiger partial charge < -0.3 is 18.9 Å². The van der Waals surface area contributed by atoms with E-state index in [0.29, 0.717) is 18.6 Å². The van der Waals surface area contributed by atoms with Gasteiger partial charge in [-0.2, -0.15) is 0 Å². The van der Waals surface area contributed by atoms with Gasteiger partial charge >= 0.3 is 11.9 Å². The molecule has 0 spiro atoms. The lowest BCUT2D eigenvalue weighted by molar-refractivity contribution is -0.154. The van der Waals surface area contributed by atoms with Crippen molar-refractivity contribution in [3.8, 4) is 107 Å². The summed E-state index contributed by atoms with van der Waals surface area (Å²) in [5, 5.41) is 0. The molecule has 2 rings (SSSR count). The van der Waals surface area contributed by atoms with Gasteiger partial charge in [-0.25, -0.2) is 0 Å². The number of benzene rings is 2. The molecule has 0 N–H and O–H groups in total. The molecule has 6 heteroatoms. The predicted octanol–water partition coefficient (Wildman–Crippen LogP) is 9.58. The number of terminal acetylenes is 1. The molecule has 2 aromatic carbocycles. The molecule has 0 bridgehead atoms. The van der Waals surface area contributed by atoms with Crippen molar-refractivity contribution < 1.29 is 28.5 Å². The number of hydrogen-bond acceptors (Lipinski definition) is 6. The molecule has 0 fully saturated rings. The molecule has 2 aromatic rings. The second-order valence-electron chi connectivity index (χ2n) is 13.5. The number of hydrogen-bond donors (Lipinski definition) is 0. The summed E-state index contributed by atoms with van der Waals surface area (Å²) < 4.78 is 21.7. The third-order valence-corrected chi connectivity index (χ3v) is 8.75. The van der Waals surface area contributed by atoms with Gasteiger partial charge in [0.15, 0.2) is 0 Å². The van der Waals surface area contributed by atoms with Gasteiger partial charge in [0.2, 0.25) is 0 Å². The van der Waals surface area contributed by atoms with Crippen molar-refractivity contribution in [1.82, 2.24) is 0 Å². The van der Waals surface area contributed by atoms with Gasteiger partial charge in [0.1, 0.15) is 24.0 Å². The molecular weight excluding hydrogens is 733 g/mol. The standard InChI is InChI=1S/C53H56O6/c1-3-5-7-9-11-13-15-17-19-20-22-24-26-28-30-32-44-57-51-39-35-49(36-40-51)42-46-59-53(55)47-52(54)58-45-41-48-33-37-50(38-34-48)56-43-31-29-27-25-23-21-18-16-14-12-10-8-6-4-2/h2,33-40H,3,5,7,9,11,13,15,17,19-20,22,24,26,28,30,32,41-42,44-47H2,1H3. The van der Waals surface area contributed by atoms with Crippen LogP contribution in [0.3, 0.4) is 0 Å². The zero-order valence-electron chi connectivity index (χ0n) is 34.7. The molecule has 0 aliphatic rings. The molecule has 0 aromatic heterocycles. The van der Waals surface area contributed by atoms with Crippen LogP contribution in [0.1, 0.15) is 127 Å². The lowest BCUT2D eigenvalue weighted by Gasteiger charge is -2.08. The van der Waals surface area contributed by atoms with Crippen molar-refractivity contribution in [2.45, 2.75) is 129 Å². The molecular formula is C53H56O6. The van der Waals surface area contributed by atoms with Crippen LogP contribution in [0.2, 0.25) is 0 Å². The van der Waals surface area contributed by atoms with E-state index in [1.54, 1.807) is 12.1 Å². The Balaban J connectivity index is 1.47. The summed E-state index contributed by atoms with van der Waals surface area (Å²) in [5.74, 6) is 34.6. The summed E-state index contributed by atoms with van der Waals surface area (Å²) in [6.45, 7) is 3.31. The maximum atomic E-state index is 12.1. The molecule has 0 radical (unpaired) electrons. The first-order chi connectivity index (χ1) is 29.1. The molecule has 0 amide bonds. The molecule has 6 nitrogen and oxygen atoms in total. The Morgan fingerprint density at radius 1 is 0.458 bits per heavy atom. The van der Waals surface area contributed by atoms with E-state index in [2.05, 4.69) is 95.9 Å². The number of rotatable bonds is 27. The van der Waals surface area contributed by atoms with Crippen LogP contribution in [-0.4, -0.2) is 31.8 Å². The summed E-state index contributed by atoms with van der Waals surface area (Å²) in [6, 6.07) is 15.0. The number of unbranched alkanes of at least 4 members (excludes halogenated alkanes) is 15. The molecule has 304 valence electrons. The van der Waals surface area contributed by atoms with Crippen LogP contribution in [0.25, 0.3) is 0 Å². The maximum Gasteiger partial charge on any atom is 0.317 e. The van der Waals surface area contributed by atoms with Crippen molar-refractivity contribution in [2.75, 3.05) is 19.8 Å². The largest absolute Gasteiger partial charge is 0.494 e. The second-order valence-corrected chi connectivity index (χ2v) is 13.5.